The number of nitrogens with zero attached hydrogens (tertiary/aromatic N) is 2. The third-order valence-electron chi connectivity index (χ3n) is 5.88. The first kappa shape index (κ1) is 24.9. The predicted octanol–water partition coefficient (Wildman–Crippen LogP) is 2.00. The van der Waals surface area contributed by atoms with Gasteiger partial charge in [0, 0.05) is 39.1 Å². The summed E-state index contributed by atoms with van der Waals surface area (Å²) in [5, 5.41) is 6.11. The van der Waals surface area contributed by atoms with Gasteiger partial charge in [-0.3, -0.25) is 9.79 Å². The minimum atomic E-state index is -2.98. The Hall–Kier alpha value is -1.36. The van der Waals surface area contributed by atoms with Crippen LogP contribution >= 0.6 is 24.0 Å². The van der Waals surface area contributed by atoms with Gasteiger partial charge in [0.05, 0.1) is 11.5 Å². The molecule has 2 saturated heterocycles. The molecule has 3 rings (SSSR count). The average Bonchev–Trinajstić information content (AvgIpc) is 3.04. The lowest BCUT2D eigenvalue weighted by Gasteiger charge is -2.39. The second kappa shape index (κ2) is 11.3. The molecule has 0 saturated carbocycles. The molecule has 3 unspecified atom stereocenters. The maximum absolute atomic E-state index is 12.1. The Kier molecular flexibility index (Phi) is 9.39. The van der Waals surface area contributed by atoms with Crippen molar-refractivity contribution >= 4 is 45.7 Å². The highest BCUT2D eigenvalue weighted by molar-refractivity contribution is 14.0. The average molecular weight is 548 g/mol. The van der Waals surface area contributed by atoms with Crippen LogP contribution in [0, 0.1) is 5.92 Å². The molecule has 0 spiro atoms. The quantitative estimate of drug-likeness (QED) is 0.334. The monoisotopic (exact) mass is 548 g/mol. The largest absolute Gasteiger partial charge is 0.356 e. The van der Waals surface area contributed by atoms with Crippen molar-refractivity contribution in [3.63, 3.8) is 0 Å². The summed E-state index contributed by atoms with van der Waals surface area (Å²) >= 11 is 0. The van der Waals surface area contributed by atoms with Crippen LogP contribution in [0.4, 0.5) is 0 Å². The molecule has 1 amide bonds. The van der Waals surface area contributed by atoms with Gasteiger partial charge in [-0.25, -0.2) is 8.42 Å². The number of benzene rings is 1. The standard InChI is InChI=1S/C21H32N4O3S.HI/c1-16-14-25(12-9-19(16)17-6-4-3-5-7-17)21(22-2)23-11-8-20(26)24-18-10-13-29(27,28)15-18;/h3-7,16,18-19H,8-15H2,1-2H3,(H,22,23)(H,24,26);1H. The van der Waals surface area contributed by atoms with E-state index in [4.69, 9.17) is 0 Å². The number of hydrogen-bond donors (Lipinski definition) is 2. The van der Waals surface area contributed by atoms with Crippen molar-refractivity contribution in [3.8, 4) is 0 Å². The molecule has 0 bridgehead atoms. The summed E-state index contributed by atoms with van der Waals surface area (Å²) in [7, 11) is -1.22. The summed E-state index contributed by atoms with van der Waals surface area (Å²) in [6.07, 6.45) is 1.88. The van der Waals surface area contributed by atoms with Crippen molar-refractivity contribution in [2.24, 2.45) is 10.9 Å². The van der Waals surface area contributed by atoms with Gasteiger partial charge in [-0.15, -0.1) is 24.0 Å². The van der Waals surface area contributed by atoms with Gasteiger partial charge in [0.25, 0.3) is 0 Å². The van der Waals surface area contributed by atoms with Crippen LogP contribution in [-0.4, -0.2) is 69.4 Å². The smallest absolute Gasteiger partial charge is 0.222 e. The summed E-state index contributed by atoms with van der Waals surface area (Å²) in [6, 6.07) is 10.4. The molecule has 7 nitrogen and oxygen atoms in total. The third-order valence-corrected chi connectivity index (χ3v) is 7.65. The van der Waals surface area contributed by atoms with Crippen LogP contribution < -0.4 is 10.6 Å². The van der Waals surface area contributed by atoms with E-state index in [1.54, 1.807) is 7.05 Å². The number of nitrogens with one attached hydrogen (secondary N) is 2. The van der Waals surface area contributed by atoms with E-state index in [1.807, 2.05) is 0 Å². The molecule has 30 heavy (non-hydrogen) atoms. The van der Waals surface area contributed by atoms with E-state index >= 15 is 0 Å². The molecular weight excluding hydrogens is 515 g/mol. The Balaban J connectivity index is 0.00000320. The highest BCUT2D eigenvalue weighted by Gasteiger charge is 2.30. The number of halogens is 1. The van der Waals surface area contributed by atoms with Crippen molar-refractivity contribution in [1.29, 1.82) is 0 Å². The number of piperidine rings is 1. The summed E-state index contributed by atoms with van der Waals surface area (Å²) in [5.74, 6) is 1.99. The predicted molar refractivity (Wildman–Crippen MR) is 131 cm³/mol. The zero-order valence-electron chi connectivity index (χ0n) is 17.7. The highest BCUT2D eigenvalue weighted by atomic mass is 127. The normalized spacial score (nSPS) is 26.0. The van der Waals surface area contributed by atoms with E-state index in [9.17, 15) is 13.2 Å². The van der Waals surface area contributed by atoms with Crippen LogP contribution in [0.5, 0.6) is 0 Å². The molecule has 2 fully saturated rings. The SMILES string of the molecule is CN=C(NCCC(=O)NC1CCS(=O)(=O)C1)N1CCC(c2ccccc2)C(C)C1.I. The maximum atomic E-state index is 12.1. The topological polar surface area (TPSA) is 90.9 Å². The first-order chi connectivity index (χ1) is 13.9. The fourth-order valence-corrected chi connectivity index (χ4v) is 6.04. The highest BCUT2D eigenvalue weighted by Crippen LogP contribution is 2.32. The van der Waals surface area contributed by atoms with Crippen LogP contribution in [0.15, 0.2) is 35.3 Å². The number of aliphatic imine (C=N–C) groups is 1. The minimum Gasteiger partial charge on any atom is -0.356 e. The van der Waals surface area contributed by atoms with Crippen LogP contribution in [0.3, 0.4) is 0 Å². The first-order valence-electron chi connectivity index (χ1n) is 10.4. The molecule has 2 heterocycles. The van der Waals surface area contributed by atoms with Crippen LogP contribution in [0.1, 0.15) is 37.7 Å². The van der Waals surface area contributed by atoms with Gasteiger partial charge in [-0.1, -0.05) is 37.3 Å². The fraction of sp³-hybridized carbons (Fsp3) is 0.619. The molecule has 0 aliphatic carbocycles. The number of amides is 1. The number of likely N-dealkylation sites (tertiary alicyclic amines) is 1. The Morgan fingerprint density at radius 3 is 2.57 bits per heavy atom. The molecule has 0 aromatic heterocycles. The Labute approximate surface area is 197 Å². The van der Waals surface area contributed by atoms with Gasteiger partial charge in [0.1, 0.15) is 0 Å². The van der Waals surface area contributed by atoms with Crippen molar-refractivity contribution in [2.45, 2.75) is 38.1 Å². The van der Waals surface area contributed by atoms with Gasteiger partial charge < -0.3 is 15.5 Å². The summed E-state index contributed by atoms with van der Waals surface area (Å²) in [6.45, 7) is 4.60. The summed E-state index contributed by atoms with van der Waals surface area (Å²) in [5.41, 5.74) is 1.40. The van der Waals surface area contributed by atoms with E-state index < -0.39 is 9.84 Å². The van der Waals surface area contributed by atoms with Crippen molar-refractivity contribution in [1.82, 2.24) is 15.5 Å². The summed E-state index contributed by atoms with van der Waals surface area (Å²) < 4.78 is 23.0. The second-order valence-corrected chi connectivity index (χ2v) is 10.3. The number of rotatable bonds is 5. The van der Waals surface area contributed by atoms with E-state index in [-0.39, 0.29) is 47.4 Å². The lowest BCUT2D eigenvalue weighted by Crippen LogP contribution is -2.48. The molecule has 168 valence electrons. The lowest BCUT2D eigenvalue weighted by atomic mass is 9.82. The zero-order valence-corrected chi connectivity index (χ0v) is 20.9. The van der Waals surface area contributed by atoms with Crippen molar-refractivity contribution in [2.75, 3.05) is 38.2 Å². The van der Waals surface area contributed by atoms with Gasteiger partial charge in [0.15, 0.2) is 15.8 Å². The molecule has 1 aromatic rings. The van der Waals surface area contributed by atoms with Gasteiger partial charge in [-0.05, 0) is 30.2 Å². The zero-order chi connectivity index (χ0) is 20.9. The molecule has 2 aliphatic rings. The van der Waals surface area contributed by atoms with Gasteiger partial charge in [-0.2, -0.15) is 0 Å². The van der Waals surface area contributed by atoms with Crippen molar-refractivity contribution < 1.29 is 13.2 Å². The van der Waals surface area contributed by atoms with Crippen LogP contribution in [0.25, 0.3) is 0 Å². The van der Waals surface area contributed by atoms with Crippen LogP contribution in [0.2, 0.25) is 0 Å². The fourth-order valence-electron chi connectivity index (χ4n) is 4.36. The molecule has 3 atom stereocenters. The second-order valence-electron chi connectivity index (χ2n) is 8.12. The first-order valence-corrected chi connectivity index (χ1v) is 12.2. The molecule has 9 heteroatoms. The minimum absolute atomic E-state index is 0. The number of carbonyl (C=O) groups is 1. The number of carbonyl (C=O) groups excluding carboxylic acids is 1. The molecular formula is C21H33IN4O3S. The lowest BCUT2D eigenvalue weighted by molar-refractivity contribution is -0.121. The molecule has 0 radical (unpaired) electrons. The maximum Gasteiger partial charge on any atom is 0.222 e. The number of guanidine groups is 1. The number of sulfone groups is 1. The van der Waals surface area contributed by atoms with E-state index in [0.717, 1.165) is 25.5 Å². The Morgan fingerprint density at radius 1 is 1.23 bits per heavy atom. The van der Waals surface area contributed by atoms with Gasteiger partial charge >= 0.3 is 0 Å². The molecule has 1 aromatic carbocycles. The van der Waals surface area contributed by atoms with E-state index in [0.29, 0.717) is 31.2 Å². The van der Waals surface area contributed by atoms with Crippen LogP contribution in [-0.2, 0) is 14.6 Å². The third kappa shape index (κ3) is 6.83. The molecule has 2 N–H and O–H groups in total. The number of hydrogen-bond acceptors (Lipinski definition) is 4. The van der Waals surface area contributed by atoms with E-state index in [2.05, 4.69) is 57.8 Å². The summed E-state index contributed by atoms with van der Waals surface area (Å²) in [4.78, 5) is 18.7. The van der Waals surface area contributed by atoms with E-state index in [1.165, 1.54) is 5.56 Å². The molecule has 2 aliphatic heterocycles. The van der Waals surface area contributed by atoms with Gasteiger partial charge in [0.2, 0.25) is 5.91 Å². The Morgan fingerprint density at radius 2 is 1.97 bits per heavy atom. The Bertz CT molecular complexity index is 832. The van der Waals surface area contributed by atoms with Crippen molar-refractivity contribution in [3.05, 3.63) is 35.9 Å².